The van der Waals surface area contributed by atoms with Crippen molar-refractivity contribution < 1.29 is 23.6 Å². The number of nitrogens with zero attached hydrogens (tertiary/aromatic N) is 1. The van der Waals surface area contributed by atoms with E-state index in [1.54, 1.807) is 48.5 Å². The van der Waals surface area contributed by atoms with Gasteiger partial charge in [-0.1, -0.05) is 12.1 Å². The fourth-order valence-corrected chi connectivity index (χ4v) is 2.82. The van der Waals surface area contributed by atoms with Crippen LogP contribution in [-0.4, -0.2) is 23.9 Å². The minimum atomic E-state index is -0.459. The zero-order chi connectivity index (χ0) is 19.5. The van der Waals surface area contributed by atoms with Crippen molar-refractivity contribution in [1.82, 2.24) is 0 Å². The van der Waals surface area contributed by atoms with Gasteiger partial charge in [-0.05, 0) is 42.5 Å². The van der Waals surface area contributed by atoms with Gasteiger partial charge in [0.25, 0.3) is 5.69 Å². The highest BCUT2D eigenvalue weighted by Gasteiger charge is 2.14. The molecule has 0 atom stereocenters. The van der Waals surface area contributed by atoms with E-state index < -0.39 is 4.92 Å². The van der Waals surface area contributed by atoms with Crippen LogP contribution in [0.15, 0.2) is 65.1 Å². The number of fused-ring (bicyclic) bond motifs is 1. The van der Waals surface area contributed by atoms with Gasteiger partial charge in [0.1, 0.15) is 24.7 Å². The second kappa shape index (κ2) is 7.40. The van der Waals surface area contributed by atoms with Crippen molar-refractivity contribution in [3.05, 3.63) is 82.1 Å². The molecule has 140 valence electrons. The Balaban J connectivity index is 1.50. The smallest absolute Gasteiger partial charge is 0.270 e. The lowest BCUT2D eigenvalue weighted by Crippen LogP contribution is -2.15. The molecule has 0 saturated carbocycles. The summed E-state index contributed by atoms with van der Waals surface area (Å²) in [6.07, 6.45) is 2.96. The maximum absolute atomic E-state index is 12.4. The summed E-state index contributed by atoms with van der Waals surface area (Å²) >= 11 is 0. The molecule has 1 aliphatic heterocycles. The fraction of sp³-hybridized carbons (Fsp3) is 0.0952. The third kappa shape index (κ3) is 3.64. The molecule has 0 fully saturated rings. The number of carbonyl (C=O) groups is 1. The lowest BCUT2D eigenvalue weighted by molar-refractivity contribution is -0.384. The first kappa shape index (κ1) is 17.5. The van der Waals surface area contributed by atoms with Crippen LogP contribution in [0.1, 0.15) is 16.1 Å². The van der Waals surface area contributed by atoms with Gasteiger partial charge in [0.2, 0.25) is 0 Å². The number of ketones is 1. The highest BCUT2D eigenvalue weighted by molar-refractivity contribution is 6.07. The predicted octanol–water partition coefficient (Wildman–Crippen LogP) is 4.52. The molecule has 0 aliphatic carbocycles. The lowest BCUT2D eigenvalue weighted by Gasteiger charge is -2.18. The predicted molar refractivity (Wildman–Crippen MR) is 102 cm³/mol. The molecule has 0 saturated heterocycles. The van der Waals surface area contributed by atoms with E-state index >= 15 is 0 Å². The Kier molecular flexibility index (Phi) is 4.63. The third-order valence-corrected chi connectivity index (χ3v) is 4.19. The summed E-state index contributed by atoms with van der Waals surface area (Å²) in [4.78, 5) is 22.8. The van der Waals surface area contributed by atoms with Gasteiger partial charge >= 0.3 is 0 Å². The van der Waals surface area contributed by atoms with Crippen molar-refractivity contribution in [1.29, 1.82) is 0 Å². The Hall–Kier alpha value is -3.87. The van der Waals surface area contributed by atoms with Gasteiger partial charge in [-0.2, -0.15) is 0 Å². The molecule has 2 aromatic carbocycles. The molecule has 0 amide bonds. The number of hydrogen-bond donors (Lipinski definition) is 0. The molecular weight excluding hydrogens is 362 g/mol. The van der Waals surface area contributed by atoms with Crippen LogP contribution in [0.2, 0.25) is 0 Å². The van der Waals surface area contributed by atoms with Crippen LogP contribution in [0.4, 0.5) is 5.69 Å². The van der Waals surface area contributed by atoms with Crippen LogP contribution in [0.3, 0.4) is 0 Å². The maximum Gasteiger partial charge on any atom is 0.270 e. The topological polar surface area (TPSA) is 91.8 Å². The highest BCUT2D eigenvalue weighted by atomic mass is 16.6. The summed E-state index contributed by atoms with van der Waals surface area (Å²) in [6.45, 7) is 0.943. The number of hydrogen-bond acceptors (Lipinski definition) is 6. The molecule has 3 aromatic rings. The average molecular weight is 377 g/mol. The number of rotatable bonds is 5. The van der Waals surface area contributed by atoms with Crippen LogP contribution in [0.5, 0.6) is 11.5 Å². The third-order valence-electron chi connectivity index (χ3n) is 4.19. The van der Waals surface area contributed by atoms with Crippen LogP contribution in [-0.2, 0) is 0 Å². The van der Waals surface area contributed by atoms with Crippen molar-refractivity contribution in [2.24, 2.45) is 0 Å². The highest BCUT2D eigenvalue weighted by Crippen LogP contribution is 2.31. The van der Waals surface area contributed by atoms with Crippen molar-refractivity contribution in [2.75, 3.05) is 13.2 Å². The number of nitro benzene ring substituents is 1. The molecule has 0 radical (unpaired) electrons. The summed E-state index contributed by atoms with van der Waals surface area (Å²) in [7, 11) is 0. The van der Waals surface area contributed by atoms with Crippen LogP contribution >= 0.6 is 0 Å². The van der Waals surface area contributed by atoms with Gasteiger partial charge in [-0.15, -0.1) is 0 Å². The van der Waals surface area contributed by atoms with Crippen LogP contribution in [0.25, 0.3) is 17.4 Å². The number of ether oxygens (including phenoxy) is 2. The average Bonchev–Trinajstić information content (AvgIpc) is 3.21. The van der Waals surface area contributed by atoms with Gasteiger partial charge in [-0.3, -0.25) is 14.9 Å². The Bertz CT molecular complexity index is 1080. The van der Waals surface area contributed by atoms with Gasteiger partial charge < -0.3 is 13.9 Å². The molecular formula is C21H15NO6. The zero-order valence-electron chi connectivity index (χ0n) is 14.7. The summed E-state index contributed by atoms with van der Waals surface area (Å²) in [5.74, 6) is 1.92. The second-order valence-electron chi connectivity index (χ2n) is 6.07. The number of non-ortho nitro benzene ring substituents is 1. The van der Waals surface area contributed by atoms with E-state index in [1.165, 1.54) is 18.2 Å². The molecule has 1 aromatic heterocycles. The minimum absolute atomic E-state index is 0.0141. The largest absolute Gasteiger partial charge is 0.486 e. The van der Waals surface area contributed by atoms with E-state index in [-0.39, 0.29) is 11.5 Å². The van der Waals surface area contributed by atoms with E-state index in [9.17, 15) is 14.9 Å². The summed E-state index contributed by atoms with van der Waals surface area (Å²) in [5, 5.41) is 10.9. The lowest BCUT2D eigenvalue weighted by atomic mass is 10.1. The number of carbonyl (C=O) groups excluding carboxylic acids is 1. The minimum Gasteiger partial charge on any atom is -0.486 e. The Morgan fingerprint density at radius 3 is 2.64 bits per heavy atom. The van der Waals surface area contributed by atoms with E-state index in [0.29, 0.717) is 47.4 Å². The summed E-state index contributed by atoms with van der Waals surface area (Å²) in [6, 6.07) is 14.6. The normalized spacial score (nSPS) is 12.9. The van der Waals surface area contributed by atoms with E-state index in [2.05, 4.69) is 0 Å². The van der Waals surface area contributed by atoms with Crippen molar-refractivity contribution in [2.45, 2.75) is 0 Å². The monoisotopic (exact) mass is 377 g/mol. The van der Waals surface area contributed by atoms with Crippen LogP contribution in [0, 0.1) is 10.1 Å². The first-order valence-corrected chi connectivity index (χ1v) is 8.57. The number of benzene rings is 2. The maximum atomic E-state index is 12.4. The van der Waals surface area contributed by atoms with Crippen LogP contribution < -0.4 is 9.47 Å². The molecule has 7 heteroatoms. The number of furan rings is 1. The number of nitro groups is 1. The molecule has 1 aliphatic rings. The SMILES string of the molecule is O=C(/C=C/c1ccc(-c2cccc([N+](=O)[O-])c2)o1)c1ccc2c(c1)OCCO2. The summed E-state index contributed by atoms with van der Waals surface area (Å²) < 4.78 is 16.6. The first-order valence-electron chi connectivity index (χ1n) is 8.57. The molecule has 4 rings (SSSR count). The molecule has 28 heavy (non-hydrogen) atoms. The number of allylic oxidation sites excluding steroid dienone is 1. The molecule has 0 unspecified atom stereocenters. The molecule has 0 bridgehead atoms. The molecule has 0 N–H and O–H groups in total. The molecule has 0 spiro atoms. The van der Waals surface area contributed by atoms with E-state index in [4.69, 9.17) is 13.9 Å². The van der Waals surface area contributed by atoms with Gasteiger partial charge in [0.15, 0.2) is 17.3 Å². The molecule has 7 nitrogen and oxygen atoms in total. The van der Waals surface area contributed by atoms with Gasteiger partial charge in [0.05, 0.1) is 4.92 Å². The zero-order valence-corrected chi connectivity index (χ0v) is 14.7. The Morgan fingerprint density at radius 2 is 1.82 bits per heavy atom. The standard InChI is InChI=1S/C21H15NO6/c23-18(14-4-8-20-21(13-14)27-11-10-26-20)7-5-17-6-9-19(28-17)15-2-1-3-16(12-15)22(24)25/h1-9,12-13H,10-11H2/b7-5+. The van der Waals surface area contributed by atoms with Crippen molar-refractivity contribution in [3.8, 4) is 22.8 Å². The quantitative estimate of drug-likeness (QED) is 0.281. The Morgan fingerprint density at radius 1 is 1.00 bits per heavy atom. The van der Waals surface area contributed by atoms with E-state index in [1.807, 2.05) is 0 Å². The fourth-order valence-electron chi connectivity index (χ4n) is 2.82. The van der Waals surface area contributed by atoms with Crippen molar-refractivity contribution in [3.63, 3.8) is 0 Å². The second-order valence-corrected chi connectivity index (χ2v) is 6.07. The summed E-state index contributed by atoms with van der Waals surface area (Å²) in [5.41, 5.74) is 1.05. The Labute approximate surface area is 160 Å². The van der Waals surface area contributed by atoms with E-state index in [0.717, 1.165) is 0 Å². The van der Waals surface area contributed by atoms with Gasteiger partial charge in [0, 0.05) is 23.3 Å². The first-order chi connectivity index (χ1) is 13.6. The molecule has 2 heterocycles. The van der Waals surface area contributed by atoms with Crippen molar-refractivity contribution >= 4 is 17.5 Å². The van der Waals surface area contributed by atoms with Gasteiger partial charge in [-0.25, -0.2) is 0 Å².